The first-order chi connectivity index (χ1) is 8.70. The maximum Gasteiger partial charge on any atom is 0.223 e. The van der Waals surface area contributed by atoms with E-state index < -0.39 is 0 Å². The van der Waals surface area contributed by atoms with Crippen molar-refractivity contribution in [1.82, 2.24) is 14.5 Å². The van der Waals surface area contributed by atoms with Crippen LogP contribution in [-0.2, 0) is 11.8 Å². The van der Waals surface area contributed by atoms with Gasteiger partial charge in [0.25, 0.3) is 0 Å². The molecule has 2 aliphatic rings. The van der Waals surface area contributed by atoms with E-state index in [1.54, 1.807) is 0 Å². The molecule has 2 fully saturated rings. The third-order valence-electron chi connectivity index (χ3n) is 3.98. The van der Waals surface area contributed by atoms with E-state index in [-0.39, 0.29) is 6.04 Å². The van der Waals surface area contributed by atoms with Crippen molar-refractivity contribution in [3.05, 3.63) is 18.2 Å². The monoisotopic (exact) mass is 311 g/mol. The quantitative estimate of drug-likeness (QED) is 0.799. The molecular weight excluding hydrogens is 294 g/mol. The molecule has 1 saturated heterocycles. The zero-order valence-electron chi connectivity index (χ0n) is 10.6. The van der Waals surface area contributed by atoms with E-state index in [4.69, 9.17) is 0 Å². The Labute approximate surface area is 115 Å². The Balaban J connectivity index is 1.87. The highest BCUT2D eigenvalue weighted by Gasteiger charge is 2.43. The highest BCUT2D eigenvalue weighted by molar-refractivity contribution is 9.09. The predicted octanol–water partition coefficient (Wildman–Crippen LogP) is 2.11. The normalized spacial score (nSPS) is 25.8. The average molecular weight is 312 g/mol. The number of amides is 1. The van der Waals surface area contributed by atoms with E-state index in [1.807, 2.05) is 19.4 Å². The average Bonchev–Trinajstić information content (AvgIpc) is 3.00. The molecular formula is C13H18BrN3O. The van der Waals surface area contributed by atoms with Crippen LogP contribution in [0.4, 0.5) is 0 Å². The van der Waals surface area contributed by atoms with E-state index >= 15 is 0 Å². The number of halogens is 1. The summed E-state index contributed by atoms with van der Waals surface area (Å²) in [5, 5.41) is 0.910. The van der Waals surface area contributed by atoms with Gasteiger partial charge < -0.3 is 9.47 Å². The molecule has 0 spiro atoms. The number of hydrogen-bond donors (Lipinski definition) is 0. The molecule has 0 N–H and O–H groups in total. The molecule has 0 radical (unpaired) electrons. The second-order valence-corrected chi connectivity index (χ2v) is 6.10. The molecule has 1 aliphatic heterocycles. The van der Waals surface area contributed by atoms with Crippen molar-refractivity contribution in [3.63, 3.8) is 0 Å². The van der Waals surface area contributed by atoms with Gasteiger partial charge >= 0.3 is 0 Å². The highest BCUT2D eigenvalue weighted by atomic mass is 79.9. The maximum absolute atomic E-state index is 12.2. The van der Waals surface area contributed by atoms with E-state index in [0.717, 1.165) is 17.7 Å². The Kier molecular flexibility index (Phi) is 3.18. The zero-order chi connectivity index (χ0) is 12.7. The lowest BCUT2D eigenvalue weighted by Crippen LogP contribution is -2.33. The Morgan fingerprint density at radius 3 is 2.83 bits per heavy atom. The lowest BCUT2D eigenvalue weighted by Gasteiger charge is -2.27. The third kappa shape index (κ3) is 2.09. The standard InChI is InChI=1S/C13H18BrN3O/c1-16-5-4-15-13(16)12(10-2-3-10)17-8-9(7-14)6-11(17)18/h4-5,9-10,12H,2-3,6-8H2,1H3. The van der Waals surface area contributed by atoms with Gasteiger partial charge in [-0.25, -0.2) is 4.98 Å². The van der Waals surface area contributed by atoms with Crippen LogP contribution in [0.2, 0.25) is 0 Å². The second kappa shape index (κ2) is 4.68. The minimum Gasteiger partial charge on any atom is -0.336 e. The van der Waals surface area contributed by atoms with Crippen LogP contribution >= 0.6 is 15.9 Å². The number of carbonyl (C=O) groups is 1. The van der Waals surface area contributed by atoms with Crippen molar-refractivity contribution in [1.29, 1.82) is 0 Å². The molecule has 1 aromatic heterocycles. The summed E-state index contributed by atoms with van der Waals surface area (Å²) in [6.45, 7) is 0.873. The fraction of sp³-hybridized carbons (Fsp3) is 0.692. The van der Waals surface area contributed by atoms with Gasteiger partial charge in [0.1, 0.15) is 5.82 Å². The molecule has 5 heteroatoms. The van der Waals surface area contributed by atoms with Crippen molar-refractivity contribution < 1.29 is 4.79 Å². The summed E-state index contributed by atoms with van der Waals surface area (Å²) >= 11 is 3.50. The summed E-state index contributed by atoms with van der Waals surface area (Å²) in [7, 11) is 2.01. The molecule has 1 saturated carbocycles. The summed E-state index contributed by atoms with van der Waals surface area (Å²) in [5.41, 5.74) is 0. The molecule has 98 valence electrons. The summed E-state index contributed by atoms with van der Waals surface area (Å²) in [6.07, 6.45) is 6.92. The minimum atomic E-state index is 0.196. The van der Waals surface area contributed by atoms with Gasteiger partial charge in [-0.3, -0.25) is 4.79 Å². The van der Waals surface area contributed by atoms with Gasteiger partial charge in [0.05, 0.1) is 6.04 Å². The number of nitrogens with zero attached hydrogens (tertiary/aromatic N) is 3. The van der Waals surface area contributed by atoms with Crippen LogP contribution in [0.5, 0.6) is 0 Å². The van der Waals surface area contributed by atoms with Crippen molar-refractivity contribution in [2.24, 2.45) is 18.9 Å². The first kappa shape index (κ1) is 12.2. The first-order valence-corrected chi connectivity index (χ1v) is 7.65. The number of hydrogen-bond acceptors (Lipinski definition) is 2. The fourth-order valence-electron chi connectivity index (χ4n) is 2.86. The highest BCUT2D eigenvalue weighted by Crippen LogP contribution is 2.45. The molecule has 2 atom stereocenters. The molecule has 1 aromatic rings. The number of carbonyl (C=O) groups excluding carboxylic acids is 1. The van der Waals surface area contributed by atoms with Gasteiger partial charge in [0.2, 0.25) is 5.91 Å². The van der Waals surface area contributed by atoms with Gasteiger partial charge in [-0.2, -0.15) is 0 Å². The Morgan fingerprint density at radius 1 is 1.56 bits per heavy atom. The predicted molar refractivity (Wildman–Crippen MR) is 72.3 cm³/mol. The summed E-state index contributed by atoms with van der Waals surface area (Å²) in [6, 6.07) is 0.196. The SMILES string of the molecule is Cn1ccnc1C(C1CC1)N1CC(CBr)CC1=O. The molecule has 3 rings (SSSR count). The third-order valence-corrected chi connectivity index (χ3v) is 4.90. The number of alkyl halides is 1. The Hall–Kier alpha value is -0.840. The van der Waals surface area contributed by atoms with Gasteiger partial charge in [0, 0.05) is 37.7 Å². The summed E-state index contributed by atoms with van der Waals surface area (Å²) in [5.74, 6) is 2.41. The zero-order valence-corrected chi connectivity index (χ0v) is 12.1. The smallest absolute Gasteiger partial charge is 0.223 e. The van der Waals surface area contributed by atoms with Crippen LogP contribution in [0.1, 0.15) is 31.1 Å². The molecule has 4 nitrogen and oxygen atoms in total. The Morgan fingerprint density at radius 2 is 2.33 bits per heavy atom. The van der Waals surface area contributed by atoms with Crippen LogP contribution in [0.3, 0.4) is 0 Å². The largest absolute Gasteiger partial charge is 0.336 e. The van der Waals surface area contributed by atoms with Gasteiger partial charge in [-0.15, -0.1) is 0 Å². The number of rotatable bonds is 4. The number of imidazole rings is 1. The molecule has 2 unspecified atom stereocenters. The number of aryl methyl sites for hydroxylation is 1. The van der Waals surface area contributed by atoms with Crippen molar-refractivity contribution in [2.45, 2.75) is 25.3 Å². The van der Waals surface area contributed by atoms with Gasteiger partial charge in [0.15, 0.2) is 0 Å². The molecule has 0 bridgehead atoms. The summed E-state index contributed by atoms with van der Waals surface area (Å²) in [4.78, 5) is 18.7. The molecule has 1 aliphatic carbocycles. The molecule has 0 aromatic carbocycles. The lowest BCUT2D eigenvalue weighted by atomic mass is 10.1. The van der Waals surface area contributed by atoms with Crippen molar-refractivity contribution in [2.75, 3.05) is 11.9 Å². The van der Waals surface area contributed by atoms with E-state index in [0.29, 0.717) is 24.2 Å². The molecule has 18 heavy (non-hydrogen) atoms. The molecule has 1 amide bonds. The van der Waals surface area contributed by atoms with Crippen LogP contribution < -0.4 is 0 Å². The van der Waals surface area contributed by atoms with Crippen LogP contribution in [0.15, 0.2) is 12.4 Å². The van der Waals surface area contributed by atoms with E-state index in [2.05, 4.69) is 30.4 Å². The van der Waals surface area contributed by atoms with Crippen molar-refractivity contribution in [3.8, 4) is 0 Å². The first-order valence-electron chi connectivity index (χ1n) is 6.53. The van der Waals surface area contributed by atoms with Crippen LogP contribution in [0.25, 0.3) is 0 Å². The van der Waals surface area contributed by atoms with Crippen LogP contribution in [0, 0.1) is 11.8 Å². The van der Waals surface area contributed by atoms with Crippen molar-refractivity contribution >= 4 is 21.8 Å². The number of likely N-dealkylation sites (tertiary alicyclic amines) is 1. The second-order valence-electron chi connectivity index (χ2n) is 5.45. The van der Waals surface area contributed by atoms with E-state index in [1.165, 1.54) is 12.8 Å². The van der Waals surface area contributed by atoms with Gasteiger partial charge in [-0.1, -0.05) is 15.9 Å². The molecule has 2 heterocycles. The minimum absolute atomic E-state index is 0.196. The fourth-order valence-corrected chi connectivity index (χ4v) is 3.29. The maximum atomic E-state index is 12.2. The number of aromatic nitrogens is 2. The topological polar surface area (TPSA) is 38.1 Å². The Bertz CT molecular complexity index is 455. The van der Waals surface area contributed by atoms with Crippen LogP contribution in [-0.4, -0.2) is 32.2 Å². The summed E-state index contributed by atoms with van der Waals surface area (Å²) < 4.78 is 2.05. The van der Waals surface area contributed by atoms with Gasteiger partial charge in [-0.05, 0) is 24.7 Å². The van der Waals surface area contributed by atoms with E-state index in [9.17, 15) is 4.79 Å². The lowest BCUT2D eigenvalue weighted by molar-refractivity contribution is -0.130.